The number of likely N-dealkylation sites (N-methyl/N-ethyl adjacent to an activating group) is 1. The molecule has 0 saturated carbocycles. The Hall–Kier alpha value is -3.42. The molecule has 0 fully saturated rings. The van der Waals surface area contributed by atoms with Crippen molar-refractivity contribution in [3.05, 3.63) is 64.5 Å². The summed E-state index contributed by atoms with van der Waals surface area (Å²) >= 11 is 0. The summed E-state index contributed by atoms with van der Waals surface area (Å²) in [5.74, 6) is -0.908. The molecule has 2 aliphatic rings. The maximum atomic E-state index is 13.1. The van der Waals surface area contributed by atoms with Crippen LogP contribution in [0.5, 0.6) is 0 Å². The van der Waals surface area contributed by atoms with Crippen molar-refractivity contribution in [2.45, 2.75) is 64.6 Å². The minimum Gasteiger partial charge on any atom is -0.350 e. The number of nitrogens with one attached hydrogen (secondary N) is 2. The van der Waals surface area contributed by atoms with E-state index in [1.165, 1.54) is 34.1 Å². The van der Waals surface area contributed by atoms with Crippen LogP contribution in [0.4, 0.5) is 0 Å². The predicted octanol–water partition coefficient (Wildman–Crippen LogP) is 2.97. The second-order valence-electron chi connectivity index (χ2n) is 9.49. The Labute approximate surface area is 200 Å². The van der Waals surface area contributed by atoms with Gasteiger partial charge in [-0.3, -0.25) is 19.1 Å². The highest BCUT2D eigenvalue weighted by Gasteiger charge is 2.46. The van der Waals surface area contributed by atoms with Crippen molar-refractivity contribution in [3.63, 3.8) is 0 Å². The summed E-state index contributed by atoms with van der Waals surface area (Å²) in [4.78, 5) is 40.3. The maximum absolute atomic E-state index is 13.1. The van der Waals surface area contributed by atoms with Gasteiger partial charge in [-0.15, -0.1) is 0 Å². The summed E-state index contributed by atoms with van der Waals surface area (Å²) < 4.78 is 1.48. The van der Waals surface area contributed by atoms with E-state index in [-0.39, 0.29) is 30.0 Å². The van der Waals surface area contributed by atoms with Crippen LogP contribution in [0, 0.1) is 6.92 Å². The lowest BCUT2D eigenvalue weighted by molar-refractivity contribution is -0.132. The molecule has 0 bridgehead atoms. The molecule has 180 valence electrons. The second-order valence-corrected chi connectivity index (χ2v) is 9.49. The highest BCUT2D eigenvalue weighted by atomic mass is 16.2. The molecule has 1 aliphatic carbocycles. The molecule has 2 aromatic rings. The highest BCUT2D eigenvalue weighted by molar-refractivity contribution is 6.01. The fraction of sp³-hybridized carbons (Fsp3) is 0.462. The van der Waals surface area contributed by atoms with Crippen LogP contribution in [0.1, 0.15) is 71.1 Å². The fourth-order valence-corrected chi connectivity index (χ4v) is 4.48. The zero-order valence-corrected chi connectivity index (χ0v) is 20.2. The second kappa shape index (κ2) is 9.83. The third-order valence-corrected chi connectivity index (χ3v) is 6.91. The van der Waals surface area contributed by atoms with Gasteiger partial charge in [0.05, 0.1) is 6.54 Å². The first kappa shape index (κ1) is 23.7. The number of nitrogens with zero attached hydrogens (tertiary/aromatic N) is 3. The smallest absolute Gasteiger partial charge is 0.272 e. The van der Waals surface area contributed by atoms with Crippen LogP contribution in [-0.4, -0.2) is 51.5 Å². The molecular formula is C26H33N5O3. The number of aryl methyl sites for hydroxylation is 1. The van der Waals surface area contributed by atoms with Gasteiger partial charge in [-0.25, -0.2) is 0 Å². The van der Waals surface area contributed by atoms with Crippen molar-refractivity contribution in [2.24, 2.45) is 0 Å². The average molecular weight is 464 g/mol. The van der Waals surface area contributed by atoms with Crippen LogP contribution in [0.25, 0.3) is 0 Å². The van der Waals surface area contributed by atoms with Crippen LogP contribution in [0.2, 0.25) is 0 Å². The minimum atomic E-state index is -1.12. The lowest BCUT2D eigenvalue weighted by Gasteiger charge is -2.40. The molecule has 8 nitrogen and oxygen atoms in total. The predicted molar refractivity (Wildman–Crippen MR) is 129 cm³/mol. The molecule has 0 saturated heterocycles. The third kappa shape index (κ3) is 4.90. The normalized spacial score (nSPS) is 19.9. The van der Waals surface area contributed by atoms with E-state index in [0.717, 1.165) is 30.4 Å². The molecule has 1 aromatic carbocycles. The maximum Gasteiger partial charge on any atom is 0.272 e. The SMILES string of the molecule is Cc1ccc(CNC(=O)[C@@]2(C)Cn3nc(C(=O)NCCC4=CCCCC4)cc3C(=O)N2C)cc1. The first-order chi connectivity index (χ1) is 16.3. The van der Waals surface area contributed by atoms with Gasteiger partial charge < -0.3 is 15.5 Å². The number of rotatable bonds is 7. The van der Waals surface area contributed by atoms with Gasteiger partial charge in [0.15, 0.2) is 5.69 Å². The van der Waals surface area contributed by atoms with Gasteiger partial charge in [-0.2, -0.15) is 5.10 Å². The van der Waals surface area contributed by atoms with Crippen LogP contribution in [0.3, 0.4) is 0 Å². The molecule has 1 aromatic heterocycles. The van der Waals surface area contributed by atoms with Crippen LogP contribution < -0.4 is 10.6 Å². The Morgan fingerprint density at radius 1 is 1.15 bits per heavy atom. The molecule has 0 spiro atoms. The molecular weight excluding hydrogens is 430 g/mol. The molecule has 3 amide bonds. The third-order valence-electron chi connectivity index (χ3n) is 6.91. The molecule has 34 heavy (non-hydrogen) atoms. The molecule has 8 heteroatoms. The number of allylic oxidation sites excluding steroid dienone is 1. The molecule has 1 aliphatic heterocycles. The Bertz CT molecular complexity index is 1120. The van der Waals surface area contributed by atoms with E-state index in [1.807, 2.05) is 31.2 Å². The molecule has 2 N–H and O–H groups in total. The largest absolute Gasteiger partial charge is 0.350 e. The number of hydrogen-bond acceptors (Lipinski definition) is 4. The number of carbonyl (C=O) groups excluding carboxylic acids is 3. The summed E-state index contributed by atoms with van der Waals surface area (Å²) in [6.45, 7) is 4.81. The summed E-state index contributed by atoms with van der Waals surface area (Å²) in [6.07, 6.45) is 7.76. The topological polar surface area (TPSA) is 96.3 Å². The number of hydrogen-bond donors (Lipinski definition) is 2. The van der Waals surface area contributed by atoms with Crippen LogP contribution >= 0.6 is 0 Å². The Morgan fingerprint density at radius 2 is 1.91 bits per heavy atom. The molecule has 2 heterocycles. The van der Waals surface area contributed by atoms with Crippen LogP contribution in [-0.2, 0) is 17.9 Å². The van der Waals surface area contributed by atoms with E-state index in [4.69, 9.17) is 0 Å². The van der Waals surface area contributed by atoms with E-state index < -0.39 is 5.54 Å². The van der Waals surface area contributed by atoms with Gasteiger partial charge >= 0.3 is 0 Å². The lowest BCUT2D eigenvalue weighted by Crippen LogP contribution is -2.62. The monoisotopic (exact) mass is 463 g/mol. The standard InChI is InChI=1S/C26H33N5O3/c1-18-9-11-20(12-10-18)16-28-25(34)26(2)17-31-22(24(33)30(26)3)15-21(29-31)23(32)27-14-13-19-7-5-4-6-8-19/h7,9-12,15H,4-6,8,13-14,16-17H2,1-3H3,(H,27,32)(H,28,34)/t26-/m1/s1. The average Bonchev–Trinajstić information content (AvgIpc) is 3.26. The zero-order chi connectivity index (χ0) is 24.3. The minimum absolute atomic E-state index is 0.171. The van der Waals surface area contributed by atoms with E-state index >= 15 is 0 Å². The number of aromatic nitrogens is 2. The van der Waals surface area contributed by atoms with Crippen molar-refractivity contribution < 1.29 is 14.4 Å². The first-order valence-electron chi connectivity index (χ1n) is 11.9. The quantitative estimate of drug-likeness (QED) is 0.617. The Morgan fingerprint density at radius 3 is 2.62 bits per heavy atom. The van der Waals surface area contributed by atoms with Gasteiger partial charge in [0.1, 0.15) is 11.2 Å². The van der Waals surface area contributed by atoms with E-state index in [2.05, 4.69) is 21.8 Å². The number of amides is 3. The van der Waals surface area contributed by atoms with Crippen molar-refractivity contribution in [3.8, 4) is 0 Å². The van der Waals surface area contributed by atoms with Crippen molar-refractivity contribution in [1.29, 1.82) is 0 Å². The summed E-state index contributed by atoms with van der Waals surface area (Å²) in [5, 5.41) is 10.2. The highest BCUT2D eigenvalue weighted by Crippen LogP contribution is 2.26. The van der Waals surface area contributed by atoms with Gasteiger partial charge in [-0.05, 0) is 51.5 Å². The Balaban J connectivity index is 1.41. The van der Waals surface area contributed by atoms with Crippen LogP contribution in [0.15, 0.2) is 42.0 Å². The number of carbonyl (C=O) groups is 3. The van der Waals surface area contributed by atoms with Crippen molar-refractivity contribution in [1.82, 2.24) is 25.3 Å². The molecule has 1 atom stereocenters. The van der Waals surface area contributed by atoms with E-state index in [9.17, 15) is 14.4 Å². The van der Waals surface area contributed by atoms with Crippen molar-refractivity contribution >= 4 is 17.7 Å². The molecule has 0 radical (unpaired) electrons. The van der Waals surface area contributed by atoms with E-state index in [0.29, 0.717) is 18.8 Å². The molecule has 0 unspecified atom stereocenters. The van der Waals surface area contributed by atoms with Crippen molar-refractivity contribution in [2.75, 3.05) is 13.6 Å². The molecule has 4 rings (SSSR count). The zero-order valence-electron chi connectivity index (χ0n) is 20.2. The summed E-state index contributed by atoms with van der Waals surface area (Å²) in [6, 6.07) is 9.43. The van der Waals surface area contributed by atoms with Gasteiger partial charge in [0, 0.05) is 26.2 Å². The number of fused-ring (bicyclic) bond motifs is 1. The fourth-order valence-electron chi connectivity index (χ4n) is 4.48. The summed E-state index contributed by atoms with van der Waals surface area (Å²) in [7, 11) is 1.61. The summed E-state index contributed by atoms with van der Waals surface area (Å²) in [5.41, 5.74) is 2.90. The van der Waals surface area contributed by atoms with Gasteiger partial charge in [0.2, 0.25) is 5.91 Å². The number of benzene rings is 1. The van der Waals surface area contributed by atoms with E-state index in [1.54, 1.807) is 14.0 Å². The van der Waals surface area contributed by atoms with Gasteiger partial charge in [0.25, 0.3) is 11.8 Å². The van der Waals surface area contributed by atoms with Gasteiger partial charge in [-0.1, -0.05) is 41.5 Å². The lowest BCUT2D eigenvalue weighted by atomic mass is 9.95. The first-order valence-corrected chi connectivity index (χ1v) is 11.9. The Kier molecular flexibility index (Phi) is 6.86.